The Hall–Kier alpha value is -3.15. The summed E-state index contributed by atoms with van der Waals surface area (Å²) in [6.07, 6.45) is 0. The number of rotatable bonds is 1. The lowest BCUT2D eigenvalue weighted by atomic mass is 9.97. The monoisotopic (exact) mass is 277 g/mol. The highest BCUT2D eigenvalue weighted by Crippen LogP contribution is 2.40. The highest BCUT2D eigenvalue weighted by Gasteiger charge is 2.26. The van der Waals surface area contributed by atoms with E-state index in [-0.39, 0.29) is 11.4 Å². The van der Waals surface area contributed by atoms with Crippen molar-refractivity contribution in [2.24, 2.45) is 10.2 Å². The van der Waals surface area contributed by atoms with E-state index in [2.05, 4.69) is 10.2 Å². The van der Waals surface area contributed by atoms with Gasteiger partial charge in [-0.1, -0.05) is 24.3 Å². The van der Waals surface area contributed by atoms with E-state index in [0.29, 0.717) is 16.3 Å². The molecule has 100 valence electrons. The van der Waals surface area contributed by atoms with Crippen molar-refractivity contribution in [1.82, 2.24) is 0 Å². The molecule has 1 amide bonds. The summed E-state index contributed by atoms with van der Waals surface area (Å²) in [7, 11) is 0. The van der Waals surface area contributed by atoms with E-state index in [9.17, 15) is 14.9 Å². The number of fused-ring (bicyclic) bond motifs is 4. The SMILES string of the molecule is O=C1N=Nc2cc([N+](=O)[O-])c3cc4ccccc4cc3c21. The van der Waals surface area contributed by atoms with Crippen molar-refractivity contribution >= 4 is 38.8 Å². The van der Waals surface area contributed by atoms with Gasteiger partial charge < -0.3 is 0 Å². The molecule has 3 aromatic carbocycles. The molecule has 0 aliphatic carbocycles. The van der Waals surface area contributed by atoms with Gasteiger partial charge in [-0.2, -0.15) is 0 Å². The molecule has 3 aromatic rings. The Morgan fingerprint density at radius 3 is 2.29 bits per heavy atom. The molecule has 0 atom stereocenters. The van der Waals surface area contributed by atoms with Gasteiger partial charge in [0.15, 0.2) is 0 Å². The predicted octanol–water partition coefficient (Wildman–Crippen LogP) is 4.14. The van der Waals surface area contributed by atoms with Crippen LogP contribution in [0.25, 0.3) is 21.5 Å². The topological polar surface area (TPSA) is 84.9 Å². The normalized spacial score (nSPS) is 13.0. The van der Waals surface area contributed by atoms with Gasteiger partial charge in [0, 0.05) is 11.5 Å². The Morgan fingerprint density at radius 2 is 1.62 bits per heavy atom. The maximum Gasteiger partial charge on any atom is 0.298 e. The quantitative estimate of drug-likeness (QED) is 0.380. The number of carbonyl (C=O) groups is 1. The van der Waals surface area contributed by atoms with Gasteiger partial charge in [0.2, 0.25) is 0 Å². The van der Waals surface area contributed by atoms with E-state index in [1.807, 2.05) is 24.3 Å². The second-order valence-corrected chi connectivity index (χ2v) is 4.80. The highest BCUT2D eigenvalue weighted by atomic mass is 16.6. The molecule has 0 fully saturated rings. The van der Waals surface area contributed by atoms with Crippen molar-refractivity contribution in [3.63, 3.8) is 0 Å². The van der Waals surface area contributed by atoms with Crippen molar-refractivity contribution in [2.75, 3.05) is 0 Å². The molecule has 1 aliphatic heterocycles. The minimum atomic E-state index is -0.463. The van der Waals surface area contributed by atoms with Gasteiger partial charge in [0.1, 0.15) is 5.69 Å². The molecule has 0 bridgehead atoms. The Balaban J connectivity index is 2.25. The van der Waals surface area contributed by atoms with Gasteiger partial charge in [0.05, 0.1) is 15.9 Å². The summed E-state index contributed by atoms with van der Waals surface area (Å²) in [5, 5.41) is 21.2. The number of azo groups is 1. The van der Waals surface area contributed by atoms with Crippen molar-refractivity contribution in [3.05, 3.63) is 58.1 Å². The summed E-state index contributed by atoms with van der Waals surface area (Å²) in [4.78, 5) is 22.7. The number of amides is 1. The molecular formula is C15H7N3O3. The first-order valence-corrected chi connectivity index (χ1v) is 6.25. The average Bonchev–Trinajstić information content (AvgIpc) is 2.86. The number of nitro groups is 1. The first kappa shape index (κ1) is 11.7. The van der Waals surface area contributed by atoms with Crippen LogP contribution in [0.15, 0.2) is 52.7 Å². The molecule has 1 aliphatic rings. The number of nitro benzene ring substituents is 1. The van der Waals surface area contributed by atoms with Crippen LogP contribution < -0.4 is 0 Å². The zero-order valence-electron chi connectivity index (χ0n) is 10.6. The number of nitrogens with zero attached hydrogens (tertiary/aromatic N) is 3. The lowest BCUT2D eigenvalue weighted by Gasteiger charge is -2.06. The Labute approximate surface area is 117 Å². The smallest absolute Gasteiger partial charge is 0.265 e. The molecule has 0 N–H and O–H groups in total. The minimum absolute atomic E-state index is 0.0665. The van der Waals surface area contributed by atoms with Gasteiger partial charge in [-0.25, -0.2) is 0 Å². The molecule has 4 rings (SSSR count). The summed E-state index contributed by atoms with van der Waals surface area (Å²) in [6, 6.07) is 12.3. The van der Waals surface area contributed by atoms with Crippen molar-refractivity contribution in [3.8, 4) is 0 Å². The van der Waals surface area contributed by atoms with Crippen LogP contribution in [-0.2, 0) is 0 Å². The molecule has 1 heterocycles. The van der Waals surface area contributed by atoms with Crippen LogP contribution in [0, 0.1) is 10.1 Å². The molecule has 6 nitrogen and oxygen atoms in total. The second kappa shape index (κ2) is 3.92. The molecule has 0 saturated heterocycles. The summed E-state index contributed by atoms with van der Waals surface area (Å²) in [5.41, 5.74) is 0.527. The van der Waals surface area contributed by atoms with Crippen LogP contribution in [0.1, 0.15) is 10.4 Å². The lowest BCUT2D eigenvalue weighted by molar-refractivity contribution is -0.383. The Morgan fingerprint density at radius 1 is 0.952 bits per heavy atom. The number of carbonyl (C=O) groups excluding carboxylic acids is 1. The van der Waals surface area contributed by atoms with Crippen molar-refractivity contribution < 1.29 is 9.72 Å². The fourth-order valence-corrected chi connectivity index (χ4v) is 2.68. The summed E-state index contributed by atoms with van der Waals surface area (Å²) >= 11 is 0. The first-order valence-electron chi connectivity index (χ1n) is 6.25. The minimum Gasteiger partial charge on any atom is -0.265 e. The van der Waals surface area contributed by atoms with E-state index in [4.69, 9.17) is 0 Å². The maximum absolute atomic E-state index is 11.9. The molecule has 6 heteroatoms. The molecule has 0 aromatic heterocycles. The fourth-order valence-electron chi connectivity index (χ4n) is 2.68. The van der Waals surface area contributed by atoms with Crippen molar-refractivity contribution in [2.45, 2.75) is 0 Å². The summed E-state index contributed by atoms with van der Waals surface area (Å²) in [6.45, 7) is 0. The van der Waals surface area contributed by atoms with Gasteiger partial charge in [0.25, 0.3) is 11.6 Å². The fraction of sp³-hybridized carbons (Fsp3) is 0. The third kappa shape index (κ3) is 1.56. The maximum atomic E-state index is 11.9. The number of benzene rings is 3. The summed E-state index contributed by atoms with van der Waals surface area (Å²) in [5.74, 6) is -0.458. The van der Waals surface area contributed by atoms with Gasteiger partial charge >= 0.3 is 0 Å². The molecule has 0 unspecified atom stereocenters. The standard InChI is InChI=1S/C15H7N3O3/c19-15-14-11-6-9-4-2-1-3-8(9)5-10(11)13(18(20)21)7-12(14)16-17-15/h1-7H. The average molecular weight is 277 g/mol. The zero-order chi connectivity index (χ0) is 14.6. The van der Waals surface area contributed by atoms with Crippen LogP contribution in [0.5, 0.6) is 0 Å². The zero-order valence-corrected chi connectivity index (χ0v) is 10.6. The largest absolute Gasteiger partial charge is 0.298 e. The van der Waals surface area contributed by atoms with Crippen LogP contribution in [0.2, 0.25) is 0 Å². The highest BCUT2D eigenvalue weighted by molar-refractivity contribution is 6.17. The van der Waals surface area contributed by atoms with Gasteiger partial charge in [-0.3, -0.25) is 14.9 Å². The van der Waals surface area contributed by atoms with Gasteiger partial charge in [-0.15, -0.1) is 10.2 Å². The van der Waals surface area contributed by atoms with E-state index in [1.165, 1.54) is 6.07 Å². The molecule has 0 spiro atoms. The molecule has 21 heavy (non-hydrogen) atoms. The van der Waals surface area contributed by atoms with E-state index in [0.717, 1.165) is 10.8 Å². The lowest BCUT2D eigenvalue weighted by Crippen LogP contribution is -1.96. The number of non-ortho nitro benzene ring substituents is 1. The van der Waals surface area contributed by atoms with Gasteiger partial charge in [-0.05, 0) is 22.9 Å². The van der Waals surface area contributed by atoms with E-state index >= 15 is 0 Å². The van der Waals surface area contributed by atoms with Crippen LogP contribution >= 0.6 is 0 Å². The third-order valence-electron chi connectivity index (χ3n) is 3.62. The Bertz CT molecular complexity index is 992. The van der Waals surface area contributed by atoms with Crippen LogP contribution in [-0.4, -0.2) is 10.8 Å². The summed E-state index contributed by atoms with van der Waals surface area (Å²) < 4.78 is 0. The van der Waals surface area contributed by atoms with Crippen LogP contribution in [0.3, 0.4) is 0 Å². The predicted molar refractivity (Wildman–Crippen MR) is 77.0 cm³/mol. The van der Waals surface area contributed by atoms with E-state index in [1.54, 1.807) is 12.1 Å². The Kier molecular flexibility index (Phi) is 2.18. The number of hydrogen-bond acceptors (Lipinski definition) is 4. The molecule has 0 radical (unpaired) electrons. The van der Waals surface area contributed by atoms with E-state index < -0.39 is 10.8 Å². The molecular weight excluding hydrogens is 270 g/mol. The molecule has 0 saturated carbocycles. The van der Waals surface area contributed by atoms with Crippen molar-refractivity contribution in [1.29, 1.82) is 0 Å². The second-order valence-electron chi connectivity index (χ2n) is 4.80. The third-order valence-corrected chi connectivity index (χ3v) is 3.62. The van der Waals surface area contributed by atoms with Crippen LogP contribution in [0.4, 0.5) is 11.4 Å². The first-order chi connectivity index (χ1) is 10.1. The number of hydrogen-bond donors (Lipinski definition) is 0.